The van der Waals surface area contributed by atoms with Gasteiger partial charge in [-0.25, -0.2) is 0 Å². The summed E-state index contributed by atoms with van der Waals surface area (Å²) in [5.41, 5.74) is 0.891. The second-order valence-corrected chi connectivity index (χ2v) is 3.78. The smallest absolute Gasteiger partial charge is 0.512 e. The first kappa shape index (κ1) is 9.83. The van der Waals surface area contributed by atoms with Crippen LogP contribution in [-0.2, 0) is 0 Å². The summed E-state index contributed by atoms with van der Waals surface area (Å²) in [6.45, 7) is 0. The number of benzene rings is 1. The third-order valence-electron chi connectivity index (χ3n) is 2.23. The molecule has 14 heavy (non-hydrogen) atoms. The van der Waals surface area contributed by atoms with Crippen molar-refractivity contribution in [3.05, 3.63) is 28.8 Å². The Morgan fingerprint density at radius 3 is 2.64 bits per heavy atom. The van der Waals surface area contributed by atoms with E-state index >= 15 is 0 Å². The molecule has 0 aliphatic heterocycles. The first-order valence-electron chi connectivity index (χ1n) is 4.49. The fourth-order valence-electron chi connectivity index (χ4n) is 1.50. The van der Waals surface area contributed by atoms with E-state index in [0.29, 0.717) is 16.7 Å². The van der Waals surface area contributed by atoms with Gasteiger partial charge in [0.25, 0.3) is 0 Å². The Morgan fingerprint density at radius 2 is 2.07 bits per heavy atom. The third-order valence-corrected chi connectivity index (χ3v) is 2.56. The van der Waals surface area contributed by atoms with E-state index in [-0.39, 0.29) is 0 Å². The summed E-state index contributed by atoms with van der Waals surface area (Å²) >= 11 is 6.00. The zero-order valence-electron chi connectivity index (χ0n) is 7.48. The van der Waals surface area contributed by atoms with Gasteiger partial charge >= 0.3 is 7.32 Å². The molecular weight excluding hydrogens is 202 g/mol. The van der Waals surface area contributed by atoms with E-state index in [4.69, 9.17) is 26.3 Å². The van der Waals surface area contributed by atoms with Gasteiger partial charge in [-0.05, 0) is 30.9 Å². The van der Waals surface area contributed by atoms with Crippen molar-refractivity contribution < 1.29 is 14.7 Å². The van der Waals surface area contributed by atoms with Crippen LogP contribution in [0.4, 0.5) is 0 Å². The van der Waals surface area contributed by atoms with E-state index in [9.17, 15) is 0 Å². The van der Waals surface area contributed by atoms with Crippen LogP contribution in [0.2, 0.25) is 5.02 Å². The van der Waals surface area contributed by atoms with Gasteiger partial charge in [0.05, 0.1) is 0 Å². The summed E-state index contributed by atoms with van der Waals surface area (Å²) in [4.78, 5) is 0. The fourth-order valence-corrected chi connectivity index (χ4v) is 1.82. The molecule has 2 N–H and O–H groups in total. The molecule has 0 amide bonds. The monoisotopic (exact) mass is 212 g/mol. The van der Waals surface area contributed by atoms with Crippen molar-refractivity contribution in [3.8, 4) is 5.75 Å². The van der Waals surface area contributed by atoms with Crippen LogP contribution in [-0.4, -0.2) is 17.4 Å². The van der Waals surface area contributed by atoms with Crippen LogP contribution in [0.15, 0.2) is 18.2 Å². The first-order valence-corrected chi connectivity index (χ1v) is 4.87. The minimum absolute atomic E-state index is 0.414. The Balaban J connectivity index is 2.32. The van der Waals surface area contributed by atoms with Gasteiger partial charge in [0, 0.05) is 10.6 Å². The van der Waals surface area contributed by atoms with Crippen LogP contribution < -0.4 is 4.65 Å². The van der Waals surface area contributed by atoms with E-state index in [1.807, 2.05) is 0 Å². The molecule has 1 saturated carbocycles. The van der Waals surface area contributed by atoms with Crippen molar-refractivity contribution in [3.63, 3.8) is 0 Å². The second kappa shape index (κ2) is 3.81. The molecule has 0 unspecified atom stereocenters. The number of rotatable bonds is 3. The van der Waals surface area contributed by atoms with Gasteiger partial charge in [-0.1, -0.05) is 17.7 Å². The summed E-state index contributed by atoms with van der Waals surface area (Å²) in [5.74, 6) is 0.882. The molecule has 0 aromatic heterocycles. The zero-order chi connectivity index (χ0) is 10.1. The average molecular weight is 212 g/mol. The van der Waals surface area contributed by atoms with Crippen LogP contribution in [0.3, 0.4) is 0 Å². The molecule has 0 radical (unpaired) electrons. The molecule has 1 aliphatic carbocycles. The van der Waals surface area contributed by atoms with E-state index < -0.39 is 7.32 Å². The lowest BCUT2D eigenvalue weighted by Crippen LogP contribution is -2.21. The molecule has 0 spiro atoms. The van der Waals surface area contributed by atoms with Crippen molar-refractivity contribution in [1.82, 2.24) is 0 Å². The highest BCUT2D eigenvalue weighted by atomic mass is 35.5. The third kappa shape index (κ3) is 2.03. The molecule has 3 nitrogen and oxygen atoms in total. The maximum atomic E-state index is 8.71. The van der Waals surface area contributed by atoms with Crippen LogP contribution in [0.25, 0.3) is 0 Å². The molecular formula is C9H10BClO3. The Morgan fingerprint density at radius 1 is 1.36 bits per heavy atom. The van der Waals surface area contributed by atoms with Crippen molar-refractivity contribution in [2.24, 2.45) is 0 Å². The molecule has 0 saturated heterocycles. The summed E-state index contributed by atoms with van der Waals surface area (Å²) < 4.78 is 4.85. The molecule has 1 fully saturated rings. The predicted molar refractivity (Wildman–Crippen MR) is 54.2 cm³/mol. The quantitative estimate of drug-likeness (QED) is 0.748. The highest BCUT2D eigenvalue weighted by molar-refractivity contribution is 6.34. The molecule has 2 rings (SSSR count). The Kier molecular flexibility index (Phi) is 2.68. The van der Waals surface area contributed by atoms with Gasteiger partial charge in [0.2, 0.25) is 0 Å². The lowest BCUT2D eigenvalue weighted by Gasteiger charge is -2.11. The normalized spacial score (nSPS) is 15.4. The topological polar surface area (TPSA) is 49.7 Å². The van der Waals surface area contributed by atoms with Gasteiger partial charge in [0.15, 0.2) is 0 Å². The van der Waals surface area contributed by atoms with Crippen LogP contribution in [0.5, 0.6) is 5.75 Å². The average Bonchev–Trinajstić information content (AvgIpc) is 2.86. The van der Waals surface area contributed by atoms with Gasteiger partial charge in [0.1, 0.15) is 5.75 Å². The number of halogens is 1. The molecule has 0 bridgehead atoms. The molecule has 74 valence electrons. The minimum atomic E-state index is -1.79. The number of hydrogen-bond acceptors (Lipinski definition) is 3. The Labute approximate surface area is 87.5 Å². The Bertz CT molecular complexity index is 339. The maximum Gasteiger partial charge on any atom is 0.707 e. The summed E-state index contributed by atoms with van der Waals surface area (Å²) in [6, 6.07) is 5.21. The van der Waals surface area contributed by atoms with Crippen molar-refractivity contribution in [1.29, 1.82) is 0 Å². The van der Waals surface area contributed by atoms with Gasteiger partial charge in [-0.15, -0.1) is 0 Å². The molecule has 1 aromatic rings. The molecule has 1 aliphatic rings. The maximum absolute atomic E-state index is 8.71. The highest BCUT2D eigenvalue weighted by Crippen LogP contribution is 2.47. The van der Waals surface area contributed by atoms with Gasteiger partial charge < -0.3 is 14.7 Å². The van der Waals surface area contributed by atoms with E-state index in [0.717, 1.165) is 18.4 Å². The SMILES string of the molecule is OB(O)Oc1cccc(Cl)c1C1CC1. The van der Waals surface area contributed by atoms with Crippen molar-refractivity contribution in [2.45, 2.75) is 18.8 Å². The second-order valence-electron chi connectivity index (χ2n) is 3.37. The molecule has 1 aromatic carbocycles. The lowest BCUT2D eigenvalue weighted by atomic mass is 10.1. The minimum Gasteiger partial charge on any atom is -0.512 e. The fraction of sp³-hybridized carbons (Fsp3) is 0.333. The molecule has 0 heterocycles. The lowest BCUT2D eigenvalue weighted by molar-refractivity contribution is 0.287. The summed E-state index contributed by atoms with van der Waals surface area (Å²) in [5, 5.41) is 18.1. The van der Waals surface area contributed by atoms with Gasteiger partial charge in [-0.2, -0.15) is 0 Å². The standard InChI is InChI=1S/C9H10BClO3/c11-7-2-1-3-8(14-10(12)13)9(7)6-4-5-6/h1-3,6,12-13H,4-5H2. The van der Waals surface area contributed by atoms with Crippen molar-refractivity contribution >= 4 is 18.9 Å². The Hall–Kier alpha value is -0.705. The van der Waals surface area contributed by atoms with Crippen molar-refractivity contribution in [2.75, 3.05) is 0 Å². The highest BCUT2D eigenvalue weighted by Gasteiger charge is 2.30. The summed E-state index contributed by atoms with van der Waals surface area (Å²) in [7, 11) is -1.79. The van der Waals surface area contributed by atoms with Crippen LogP contribution in [0, 0.1) is 0 Å². The molecule has 5 heteroatoms. The summed E-state index contributed by atoms with van der Waals surface area (Å²) in [6.07, 6.45) is 2.17. The first-order chi connectivity index (χ1) is 6.68. The van der Waals surface area contributed by atoms with Gasteiger partial charge in [-0.3, -0.25) is 0 Å². The zero-order valence-corrected chi connectivity index (χ0v) is 8.24. The van der Waals surface area contributed by atoms with E-state index in [1.54, 1.807) is 18.2 Å². The molecule has 0 atom stereocenters. The predicted octanol–water partition coefficient (Wildman–Crippen LogP) is 1.57. The van der Waals surface area contributed by atoms with E-state index in [2.05, 4.69) is 0 Å². The largest absolute Gasteiger partial charge is 0.707 e. The van der Waals surface area contributed by atoms with Crippen LogP contribution >= 0.6 is 11.6 Å². The van der Waals surface area contributed by atoms with E-state index in [1.165, 1.54) is 0 Å². The number of hydrogen-bond donors (Lipinski definition) is 2. The van der Waals surface area contributed by atoms with Crippen LogP contribution in [0.1, 0.15) is 24.3 Å².